The fourth-order valence-corrected chi connectivity index (χ4v) is 4.68. The van der Waals surface area contributed by atoms with E-state index >= 15 is 0 Å². The molecule has 0 amide bonds. The first-order valence-corrected chi connectivity index (χ1v) is 8.73. The third-order valence-corrected chi connectivity index (χ3v) is 5.87. The predicted molar refractivity (Wildman–Crippen MR) is 76.5 cm³/mol. The number of esters is 1. The Balaban J connectivity index is 2.13. The molecule has 6 nitrogen and oxygen atoms in total. The highest BCUT2D eigenvalue weighted by atomic mass is 32.2. The van der Waals surface area contributed by atoms with E-state index < -0.39 is 16.0 Å². The van der Waals surface area contributed by atoms with E-state index in [2.05, 4.69) is 14.8 Å². The molecule has 0 bridgehead atoms. The average molecular weight is 318 g/mol. The number of methoxy groups -OCH3 is 1. The number of carbonyl (C=O) groups excluding carboxylic acids is 1. The van der Waals surface area contributed by atoms with Crippen molar-refractivity contribution in [3.63, 3.8) is 0 Å². The predicted octanol–water partition coefficient (Wildman–Crippen LogP) is 0.954. The lowest BCUT2D eigenvalue weighted by atomic mass is 10.0. The SMILES string of the molecule is COC(=O)c1cc(S(=O)(=O)NC2CCCNC2C)cs1. The van der Waals surface area contributed by atoms with Gasteiger partial charge in [0, 0.05) is 17.5 Å². The van der Waals surface area contributed by atoms with Crippen LogP contribution < -0.4 is 10.0 Å². The van der Waals surface area contributed by atoms with Crippen LogP contribution in [0, 0.1) is 0 Å². The monoisotopic (exact) mass is 318 g/mol. The van der Waals surface area contributed by atoms with Crippen molar-refractivity contribution in [3.8, 4) is 0 Å². The second-order valence-electron chi connectivity index (χ2n) is 4.75. The molecule has 0 saturated carbocycles. The quantitative estimate of drug-likeness (QED) is 0.808. The zero-order valence-corrected chi connectivity index (χ0v) is 13.0. The van der Waals surface area contributed by atoms with Crippen LogP contribution in [0.2, 0.25) is 0 Å². The molecule has 0 spiro atoms. The van der Waals surface area contributed by atoms with Crippen molar-refractivity contribution < 1.29 is 17.9 Å². The van der Waals surface area contributed by atoms with Gasteiger partial charge in [-0.15, -0.1) is 11.3 Å². The zero-order valence-electron chi connectivity index (χ0n) is 11.4. The fraction of sp³-hybridized carbons (Fsp3) is 0.583. The van der Waals surface area contributed by atoms with Crippen molar-refractivity contribution in [2.45, 2.75) is 36.7 Å². The van der Waals surface area contributed by atoms with Gasteiger partial charge in [-0.3, -0.25) is 0 Å². The molecule has 0 aliphatic carbocycles. The lowest BCUT2D eigenvalue weighted by Gasteiger charge is -2.30. The van der Waals surface area contributed by atoms with Crippen LogP contribution in [0.3, 0.4) is 0 Å². The van der Waals surface area contributed by atoms with Gasteiger partial charge in [0.25, 0.3) is 0 Å². The Morgan fingerprint density at radius 3 is 2.95 bits per heavy atom. The molecule has 112 valence electrons. The minimum Gasteiger partial charge on any atom is -0.465 e. The third kappa shape index (κ3) is 3.38. The highest BCUT2D eigenvalue weighted by Gasteiger charge is 2.27. The largest absolute Gasteiger partial charge is 0.465 e. The van der Waals surface area contributed by atoms with E-state index in [9.17, 15) is 13.2 Å². The van der Waals surface area contributed by atoms with Crippen molar-refractivity contribution in [2.24, 2.45) is 0 Å². The molecule has 2 heterocycles. The Bertz CT molecular complexity index is 582. The highest BCUT2D eigenvalue weighted by Crippen LogP contribution is 2.21. The average Bonchev–Trinajstić information content (AvgIpc) is 2.91. The molecule has 1 aromatic rings. The van der Waals surface area contributed by atoms with Crippen LogP contribution in [0.15, 0.2) is 16.3 Å². The minimum atomic E-state index is -3.60. The van der Waals surface area contributed by atoms with Crippen LogP contribution >= 0.6 is 11.3 Å². The summed E-state index contributed by atoms with van der Waals surface area (Å²) in [6.45, 7) is 2.87. The van der Waals surface area contributed by atoms with Crippen molar-refractivity contribution in [2.75, 3.05) is 13.7 Å². The number of thiophene rings is 1. The van der Waals surface area contributed by atoms with Crippen molar-refractivity contribution in [3.05, 3.63) is 16.3 Å². The van der Waals surface area contributed by atoms with Crippen LogP contribution in [-0.4, -0.2) is 40.1 Å². The molecule has 20 heavy (non-hydrogen) atoms. The first-order valence-electron chi connectivity index (χ1n) is 6.36. The number of hydrogen-bond acceptors (Lipinski definition) is 6. The summed E-state index contributed by atoms with van der Waals surface area (Å²) in [5.74, 6) is -0.524. The van der Waals surface area contributed by atoms with Crippen LogP contribution in [-0.2, 0) is 14.8 Å². The fourth-order valence-electron chi connectivity index (χ4n) is 2.14. The summed E-state index contributed by atoms with van der Waals surface area (Å²) in [6.07, 6.45) is 1.75. The van der Waals surface area contributed by atoms with Crippen LogP contribution in [0.25, 0.3) is 0 Å². The van der Waals surface area contributed by atoms with E-state index in [1.165, 1.54) is 18.6 Å². The summed E-state index contributed by atoms with van der Waals surface area (Å²) in [6, 6.07) is 1.31. The van der Waals surface area contributed by atoms with E-state index in [4.69, 9.17) is 0 Å². The summed E-state index contributed by atoms with van der Waals surface area (Å²) in [7, 11) is -2.33. The van der Waals surface area contributed by atoms with E-state index in [-0.39, 0.29) is 21.9 Å². The Morgan fingerprint density at radius 1 is 1.55 bits per heavy atom. The van der Waals surface area contributed by atoms with Gasteiger partial charge in [0.1, 0.15) is 4.88 Å². The Morgan fingerprint density at radius 2 is 2.30 bits per heavy atom. The molecule has 2 atom stereocenters. The number of ether oxygens (including phenoxy) is 1. The summed E-state index contributed by atoms with van der Waals surface area (Å²) in [5, 5.41) is 4.69. The topological polar surface area (TPSA) is 84.5 Å². The molecule has 0 aromatic carbocycles. The number of nitrogens with one attached hydrogen (secondary N) is 2. The molecule has 8 heteroatoms. The lowest BCUT2D eigenvalue weighted by molar-refractivity contribution is 0.0606. The summed E-state index contributed by atoms with van der Waals surface area (Å²) in [4.78, 5) is 11.8. The van der Waals surface area contributed by atoms with Gasteiger partial charge in [-0.1, -0.05) is 0 Å². The van der Waals surface area contributed by atoms with Crippen molar-refractivity contribution >= 4 is 27.3 Å². The number of rotatable bonds is 4. The lowest BCUT2D eigenvalue weighted by Crippen LogP contribution is -2.51. The maximum Gasteiger partial charge on any atom is 0.348 e. The van der Waals surface area contributed by atoms with Gasteiger partial charge in [0.15, 0.2) is 0 Å². The van der Waals surface area contributed by atoms with E-state index in [1.54, 1.807) is 0 Å². The zero-order chi connectivity index (χ0) is 14.8. The summed E-state index contributed by atoms with van der Waals surface area (Å²) in [5.41, 5.74) is 0. The van der Waals surface area contributed by atoms with Gasteiger partial charge in [0.2, 0.25) is 10.0 Å². The maximum absolute atomic E-state index is 12.3. The smallest absolute Gasteiger partial charge is 0.348 e. The summed E-state index contributed by atoms with van der Waals surface area (Å²) >= 11 is 1.06. The maximum atomic E-state index is 12.3. The van der Waals surface area contributed by atoms with Gasteiger partial charge in [0.05, 0.1) is 12.0 Å². The van der Waals surface area contributed by atoms with Crippen LogP contribution in [0.4, 0.5) is 0 Å². The van der Waals surface area contributed by atoms with Crippen LogP contribution in [0.1, 0.15) is 29.4 Å². The molecule has 1 aromatic heterocycles. The number of sulfonamides is 1. The Kier molecular flexibility index (Phi) is 4.79. The molecule has 0 radical (unpaired) electrons. The standard InChI is InChI=1S/C12H18N2O4S2/c1-8-10(4-3-5-13-8)14-20(16,17)9-6-11(19-7-9)12(15)18-2/h6-8,10,13-14H,3-5H2,1-2H3. The molecule has 1 aliphatic heterocycles. The third-order valence-electron chi connectivity index (χ3n) is 3.34. The number of carbonyl (C=O) groups is 1. The van der Waals surface area contributed by atoms with Gasteiger partial charge in [-0.25, -0.2) is 17.9 Å². The first-order chi connectivity index (χ1) is 9.44. The normalized spacial score (nSPS) is 23.5. The molecule has 1 fully saturated rings. The first kappa shape index (κ1) is 15.4. The Hall–Kier alpha value is -0.960. The molecular weight excluding hydrogens is 300 g/mol. The second kappa shape index (κ2) is 6.21. The van der Waals surface area contributed by atoms with E-state index in [0.29, 0.717) is 0 Å². The molecular formula is C12H18N2O4S2. The van der Waals surface area contributed by atoms with E-state index in [1.807, 2.05) is 6.92 Å². The molecule has 2 N–H and O–H groups in total. The summed E-state index contributed by atoms with van der Waals surface area (Å²) < 4.78 is 31.8. The van der Waals surface area contributed by atoms with Crippen molar-refractivity contribution in [1.82, 2.24) is 10.0 Å². The highest BCUT2D eigenvalue weighted by molar-refractivity contribution is 7.89. The number of piperidine rings is 1. The van der Waals surface area contributed by atoms with Gasteiger partial charge >= 0.3 is 5.97 Å². The van der Waals surface area contributed by atoms with E-state index in [0.717, 1.165) is 30.7 Å². The Labute approximate surface area is 122 Å². The molecule has 1 aliphatic rings. The molecule has 2 unspecified atom stereocenters. The molecule has 2 rings (SSSR count). The van der Waals surface area contributed by atoms with Crippen LogP contribution in [0.5, 0.6) is 0 Å². The van der Waals surface area contributed by atoms with Crippen molar-refractivity contribution in [1.29, 1.82) is 0 Å². The van der Waals surface area contributed by atoms with Gasteiger partial charge in [-0.2, -0.15) is 0 Å². The minimum absolute atomic E-state index is 0.0947. The number of hydrogen-bond donors (Lipinski definition) is 2. The molecule has 1 saturated heterocycles. The van der Waals surface area contributed by atoms with Gasteiger partial charge < -0.3 is 10.1 Å². The second-order valence-corrected chi connectivity index (χ2v) is 7.38. The van der Waals surface area contributed by atoms with Gasteiger partial charge in [-0.05, 0) is 32.4 Å².